The molecule has 1 aliphatic heterocycles. The number of aliphatic hydroxyl groups is 1. The number of β-amino-alcohol motifs (C(OH)–C–C–N with tert-alkyl or cyclic N) is 1. The molecule has 2 heterocycles. The Morgan fingerprint density at radius 1 is 1.40 bits per heavy atom. The van der Waals surface area contributed by atoms with Crippen LogP contribution >= 0.6 is 28.1 Å². The summed E-state index contributed by atoms with van der Waals surface area (Å²) in [6, 6.07) is 3.24. The van der Waals surface area contributed by atoms with E-state index >= 15 is 0 Å². The van der Waals surface area contributed by atoms with Gasteiger partial charge in [0.1, 0.15) is 0 Å². The number of aliphatic hydroxyl groups excluding tert-OH is 1. The number of piperazine rings is 1. The molecular formula is C12H16BrN3O3S. The van der Waals surface area contributed by atoms with Gasteiger partial charge in [-0.25, -0.2) is 0 Å². The van der Waals surface area contributed by atoms with E-state index in [0.717, 1.165) is 26.2 Å². The standard InChI is InChI=1S/C12H16BrN3O3S/c13-10-2-1-9(19-10)11(18)14-12(20)16-5-3-15(4-6-16)7-8-17/h1-2,17H,3-8H2,(H,14,18,20). The first-order valence-corrected chi connectivity index (χ1v) is 7.49. The molecule has 2 N–H and O–H groups in total. The number of carbonyl (C=O) groups is 1. The number of nitrogens with one attached hydrogen (secondary N) is 1. The number of hydrogen-bond donors (Lipinski definition) is 2. The second kappa shape index (κ2) is 7.16. The monoisotopic (exact) mass is 361 g/mol. The molecule has 1 aromatic rings. The molecule has 0 unspecified atom stereocenters. The van der Waals surface area contributed by atoms with Crippen LogP contribution in [0.3, 0.4) is 0 Å². The smallest absolute Gasteiger partial charge is 0.293 e. The molecule has 0 spiro atoms. The number of furan rings is 1. The van der Waals surface area contributed by atoms with Crippen LogP contribution in [-0.4, -0.2) is 65.3 Å². The van der Waals surface area contributed by atoms with Crippen molar-refractivity contribution in [2.24, 2.45) is 0 Å². The third-order valence-corrected chi connectivity index (χ3v) is 3.88. The molecule has 0 atom stereocenters. The summed E-state index contributed by atoms with van der Waals surface area (Å²) < 4.78 is 5.68. The summed E-state index contributed by atoms with van der Waals surface area (Å²) in [7, 11) is 0. The number of carbonyl (C=O) groups excluding carboxylic acids is 1. The highest BCUT2D eigenvalue weighted by atomic mass is 79.9. The molecule has 6 nitrogen and oxygen atoms in total. The Bertz CT molecular complexity index is 486. The Morgan fingerprint density at radius 3 is 2.65 bits per heavy atom. The van der Waals surface area contributed by atoms with Crippen molar-refractivity contribution in [2.45, 2.75) is 0 Å². The first-order chi connectivity index (χ1) is 9.60. The number of nitrogens with zero attached hydrogens (tertiary/aromatic N) is 2. The molecule has 1 amide bonds. The molecule has 0 bridgehead atoms. The number of amides is 1. The summed E-state index contributed by atoms with van der Waals surface area (Å²) in [6.45, 7) is 3.95. The number of rotatable bonds is 3. The summed E-state index contributed by atoms with van der Waals surface area (Å²) in [5.41, 5.74) is 0. The van der Waals surface area contributed by atoms with Gasteiger partial charge in [-0.15, -0.1) is 0 Å². The van der Waals surface area contributed by atoms with Crippen LogP contribution in [0.4, 0.5) is 0 Å². The molecule has 0 saturated carbocycles. The maximum absolute atomic E-state index is 11.9. The normalized spacial score (nSPS) is 16.2. The quantitative estimate of drug-likeness (QED) is 0.771. The Labute approximate surface area is 130 Å². The fourth-order valence-electron chi connectivity index (χ4n) is 1.99. The molecule has 0 aliphatic carbocycles. The van der Waals surface area contributed by atoms with Crippen molar-refractivity contribution < 1.29 is 14.3 Å². The highest BCUT2D eigenvalue weighted by molar-refractivity contribution is 9.10. The minimum Gasteiger partial charge on any atom is -0.444 e. The van der Waals surface area contributed by atoms with Gasteiger partial charge in [-0.05, 0) is 40.3 Å². The maximum atomic E-state index is 11.9. The van der Waals surface area contributed by atoms with Crippen molar-refractivity contribution in [2.75, 3.05) is 39.3 Å². The van der Waals surface area contributed by atoms with Crippen molar-refractivity contribution in [3.05, 3.63) is 22.6 Å². The van der Waals surface area contributed by atoms with Gasteiger partial charge in [0.25, 0.3) is 5.91 Å². The van der Waals surface area contributed by atoms with Crippen molar-refractivity contribution in [3.63, 3.8) is 0 Å². The summed E-state index contributed by atoms with van der Waals surface area (Å²) in [4.78, 5) is 16.0. The molecule has 1 fully saturated rings. The predicted molar refractivity (Wildman–Crippen MR) is 81.6 cm³/mol. The summed E-state index contributed by atoms with van der Waals surface area (Å²) in [5, 5.41) is 12.0. The van der Waals surface area contributed by atoms with Gasteiger partial charge in [-0.1, -0.05) is 0 Å². The Balaban J connectivity index is 1.82. The summed E-state index contributed by atoms with van der Waals surface area (Å²) >= 11 is 8.38. The van der Waals surface area contributed by atoms with E-state index < -0.39 is 0 Å². The third-order valence-electron chi connectivity index (χ3n) is 3.09. The fourth-order valence-corrected chi connectivity index (χ4v) is 2.57. The minimum absolute atomic E-state index is 0.161. The molecule has 1 saturated heterocycles. The molecule has 2 rings (SSSR count). The lowest BCUT2D eigenvalue weighted by atomic mass is 10.3. The van der Waals surface area contributed by atoms with Crippen LogP contribution in [0.2, 0.25) is 0 Å². The Morgan fingerprint density at radius 2 is 2.10 bits per heavy atom. The van der Waals surface area contributed by atoms with E-state index in [-0.39, 0.29) is 18.3 Å². The van der Waals surface area contributed by atoms with Crippen LogP contribution in [0.15, 0.2) is 21.2 Å². The van der Waals surface area contributed by atoms with Crippen LogP contribution in [0.5, 0.6) is 0 Å². The molecule has 8 heteroatoms. The zero-order valence-corrected chi connectivity index (χ0v) is 13.2. The Kier molecular flexibility index (Phi) is 5.53. The second-order valence-corrected chi connectivity index (χ2v) is 5.58. The van der Waals surface area contributed by atoms with Gasteiger partial charge in [-0.3, -0.25) is 15.0 Å². The Hall–Kier alpha value is -0.960. The van der Waals surface area contributed by atoms with Crippen molar-refractivity contribution >= 4 is 39.2 Å². The minimum atomic E-state index is -0.349. The lowest BCUT2D eigenvalue weighted by Crippen LogP contribution is -2.53. The van der Waals surface area contributed by atoms with E-state index in [1.165, 1.54) is 0 Å². The van der Waals surface area contributed by atoms with E-state index in [0.29, 0.717) is 16.3 Å². The molecule has 110 valence electrons. The van der Waals surface area contributed by atoms with Crippen molar-refractivity contribution in [3.8, 4) is 0 Å². The topological polar surface area (TPSA) is 69.0 Å². The van der Waals surface area contributed by atoms with Gasteiger partial charge in [-0.2, -0.15) is 0 Å². The van der Waals surface area contributed by atoms with E-state index in [4.69, 9.17) is 21.7 Å². The second-order valence-electron chi connectivity index (χ2n) is 4.42. The predicted octanol–water partition coefficient (Wildman–Crippen LogP) is 0.667. The maximum Gasteiger partial charge on any atom is 0.293 e. The third kappa shape index (κ3) is 4.02. The summed E-state index contributed by atoms with van der Waals surface area (Å²) in [5.74, 6) is -0.128. The highest BCUT2D eigenvalue weighted by Crippen LogP contribution is 2.14. The van der Waals surface area contributed by atoms with Crippen LogP contribution in [-0.2, 0) is 0 Å². The molecule has 1 aromatic heterocycles. The molecule has 0 aromatic carbocycles. The van der Waals surface area contributed by atoms with E-state index in [1.54, 1.807) is 12.1 Å². The van der Waals surface area contributed by atoms with Crippen molar-refractivity contribution in [1.82, 2.24) is 15.1 Å². The van der Waals surface area contributed by atoms with Crippen LogP contribution in [0, 0.1) is 0 Å². The zero-order chi connectivity index (χ0) is 14.5. The first-order valence-electron chi connectivity index (χ1n) is 6.29. The fraction of sp³-hybridized carbons (Fsp3) is 0.500. The largest absolute Gasteiger partial charge is 0.444 e. The van der Waals surface area contributed by atoms with Crippen LogP contribution in [0.25, 0.3) is 0 Å². The number of hydrogen-bond acceptors (Lipinski definition) is 5. The van der Waals surface area contributed by atoms with E-state index in [9.17, 15) is 4.79 Å². The van der Waals surface area contributed by atoms with Gasteiger partial charge < -0.3 is 14.4 Å². The molecule has 1 aliphatic rings. The number of thiocarbonyl (C=S) groups is 1. The van der Waals surface area contributed by atoms with Crippen LogP contribution in [0.1, 0.15) is 10.6 Å². The lowest BCUT2D eigenvalue weighted by molar-refractivity contribution is 0.0940. The molecular weight excluding hydrogens is 346 g/mol. The number of halogens is 1. The van der Waals surface area contributed by atoms with Crippen molar-refractivity contribution in [1.29, 1.82) is 0 Å². The molecule has 0 radical (unpaired) electrons. The van der Waals surface area contributed by atoms with Gasteiger partial charge in [0, 0.05) is 32.7 Å². The average molecular weight is 362 g/mol. The highest BCUT2D eigenvalue weighted by Gasteiger charge is 2.20. The average Bonchev–Trinajstić information content (AvgIpc) is 2.86. The summed E-state index contributed by atoms with van der Waals surface area (Å²) in [6.07, 6.45) is 0. The van der Waals surface area contributed by atoms with Crippen LogP contribution < -0.4 is 5.32 Å². The van der Waals surface area contributed by atoms with Gasteiger partial charge >= 0.3 is 0 Å². The van der Waals surface area contributed by atoms with Gasteiger partial charge in [0.05, 0.1) is 6.61 Å². The van der Waals surface area contributed by atoms with Gasteiger partial charge in [0.15, 0.2) is 15.5 Å². The SMILES string of the molecule is O=C(NC(=S)N1CCN(CCO)CC1)c1ccc(Br)o1. The lowest BCUT2D eigenvalue weighted by Gasteiger charge is -2.35. The van der Waals surface area contributed by atoms with E-state index in [1.807, 2.05) is 4.90 Å². The molecule has 20 heavy (non-hydrogen) atoms. The zero-order valence-electron chi connectivity index (χ0n) is 10.8. The van der Waals surface area contributed by atoms with Gasteiger partial charge in [0.2, 0.25) is 0 Å². The first kappa shape index (κ1) is 15.4. The van der Waals surface area contributed by atoms with E-state index in [2.05, 4.69) is 26.1 Å².